The number of nitrogens with two attached hydrogens (primary N) is 1. The minimum absolute atomic E-state index is 0.599. The molecule has 0 atom stereocenters. The number of nitrogen functional groups attached to an aromatic ring is 1. The number of anilines is 2. The number of fused-ring (bicyclic) bond motifs is 1. The lowest BCUT2D eigenvalue weighted by atomic mass is 10.1. The molecule has 3 N–H and O–H groups in total. The number of hydrogen-bond acceptors (Lipinski definition) is 5. The average molecular weight is 336 g/mol. The van der Waals surface area contributed by atoms with Gasteiger partial charge in [0.15, 0.2) is 0 Å². The predicted molar refractivity (Wildman–Crippen MR) is 104 cm³/mol. The summed E-state index contributed by atoms with van der Waals surface area (Å²) in [6.07, 6.45) is 1.85. The molecular weight excluding hydrogens is 312 g/mol. The molecule has 0 amide bonds. The summed E-state index contributed by atoms with van der Waals surface area (Å²) in [6.45, 7) is 3.91. The van der Waals surface area contributed by atoms with Gasteiger partial charge in [0.05, 0.1) is 0 Å². The Balaban J connectivity index is 1.95. The van der Waals surface area contributed by atoms with Crippen LogP contribution in [-0.2, 0) is 0 Å². The fourth-order valence-electron chi connectivity index (χ4n) is 2.74. The lowest BCUT2D eigenvalue weighted by Crippen LogP contribution is -2.20. The molecule has 0 radical (unpaired) electrons. The zero-order valence-corrected chi connectivity index (χ0v) is 14.9. The molecule has 5 heteroatoms. The summed E-state index contributed by atoms with van der Waals surface area (Å²) in [5, 5.41) is 5.65. The quantitative estimate of drug-likeness (QED) is 0.669. The van der Waals surface area contributed by atoms with E-state index in [0.717, 1.165) is 40.9 Å². The lowest BCUT2D eigenvalue weighted by molar-refractivity contribution is 0.425. The van der Waals surface area contributed by atoms with E-state index in [4.69, 9.17) is 10.5 Å². The Hall–Kier alpha value is -2.79. The highest BCUT2D eigenvalue weighted by molar-refractivity contribution is 5.99. The van der Waals surface area contributed by atoms with Gasteiger partial charge >= 0.3 is 0 Å². The summed E-state index contributed by atoms with van der Waals surface area (Å²) in [4.78, 5) is 6.64. The molecule has 0 aliphatic heterocycles. The Morgan fingerprint density at radius 2 is 1.88 bits per heavy atom. The minimum atomic E-state index is 0.599. The SMILES string of the molecule is Cc1cnc(Oc2ccc(N)cc2)c2cccc(NCCN(C)C)c12. The maximum Gasteiger partial charge on any atom is 0.227 e. The number of aryl methyl sites for hydroxylation is 1. The van der Waals surface area contributed by atoms with Crippen LogP contribution in [0.1, 0.15) is 5.56 Å². The molecule has 0 aliphatic rings. The van der Waals surface area contributed by atoms with Crippen molar-refractivity contribution in [2.45, 2.75) is 6.92 Å². The predicted octanol–water partition coefficient (Wildman–Crippen LogP) is 3.89. The van der Waals surface area contributed by atoms with Gasteiger partial charge in [-0.1, -0.05) is 6.07 Å². The second-order valence-corrected chi connectivity index (χ2v) is 6.38. The van der Waals surface area contributed by atoms with Gasteiger partial charge in [0.25, 0.3) is 0 Å². The van der Waals surface area contributed by atoms with Crippen LogP contribution in [0.3, 0.4) is 0 Å². The number of rotatable bonds is 6. The number of nitrogens with zero attached hydrogens (tertiary/aromatic N) is 2. The van der Waals surface area contributed by atoms with E-state index in [9.17, 15) is 0 Å². The zero-order valence-electron chi connectivity index (χ0n) is 14.9. The number of ether oxygens (including phenoxy) is 1. The van der Waals surface area contributed by atoms with Crippen LogP contribution >= 0.6 is 0 Å². The van der Waals surface area contributed by atoms with E-state index < -0.39 is 0 Å². The summed E-state index contributed by atoms with van der Waals surface area (Å²) in [5.41, 5.74) is 8.66. The monoisotopic (exact) mass is 336 g/mol. The molecule has 0 spiro atoms. The van der Waals surface area contributed by atoms with E-state index in [1.165, 1.54) is 0 Å². The highest BCUT2D eigenvalue weighted by Crippen LogP contribution is 2.34. The summed E-state index contributed by atoms with van der Waals surface area (Å²) < 4.78 is 6.00. The molecule has 0 saturated carbocycles. The molecule has 3 rings (SSSR count). The van der Waals surface area contributed by atoms with Crippen molar-refractivity contribution in [3.8, 4) is 11.6 Å². The van der Waals surface area contributed by atoms with Crippen LogP contribution in [0, 0.1) is 6.92 Å². The van der Waals surface area contributed by atoms with Crippen molar-refractivity contribution in [1.82, 2.24) is 9.88 Å². The van der Waals surface area contributed by atoms with Crippen molar-refractivity contribution in [1.29, 1.82) is 0 Å². The van der Waals surface area contributed by atoms with E-state index in [1.54, 1.807) is 0 Å². The third-order valence-electron chi connectivity index (χ3n) is 4.03. The second-order valence-electron chi connectivity index (χ2n) is 6.38. The van der Waals surface area contributed by atoms with Gasteiger partial charge in [-0.3, -0.25) is 0 Å². The van der Waals surface area contributed by atoms with Gasteiger partial charge in [0, 0.05) is 41.4 Å². The fourth-order valence-corrected chi connectivity index (χ4v) is 2.74. The molecule has 0 unspecified atom stereocenters. The van der Waals surface area contributed by atoms with Gasteiger partial charge < -0.3 is 20.7 Å². The number of pyridine rings is 1. The molecule has 0 bridgehead atoms. The summed E-state index contributed by atoms with van der Waals surface area (Å²) in [7, 11) is 4.14. The Kier molecular flexibility index (Phi) is 5.05. The molecular formula is C20H24N4O. The van der Waals surface area contributed by atoms with E-state index in [0.29, 0.717) is 11.6 Å². The Morgan fingerprint density at radius 3 is 2.60 bits per heavy atom. The number of benzene rings is 2. The van der Waals surface area contributed by atoms with Crippen LogP contribution in [0.5, 0.6) is 11.6 Å². The molecule has 1 heterocycles. The zero-order chi connectivity index (χ0) is 17.8. The Morgan fingerprint density at radius 1 is 1.12 bits per heavy atom. The van der Waals surface area contributed by atoms with Crippen LogP contribution in [0.25, 0.3) is 10.8 Å². The minimum Gasteiger partial charge on any atom is -0.438 e. The normalized spacial score (nSPS) is 11.0. The lowest BCUT2D eigenvalue weighted by Gasteiger charge is -2.16. The van der Waals surface area contributed by atoms with Crippen LogP contribution in [0.15, 0.2) is 48.7 Å². The summed E-state index contributed by atoms with van der Waals surface area (Å²) in [6, 6.07) is 13.5. The molecule has 0 saturated heterocycles. The number of likely N-dealkylation sites (N-methyl/N-ethyl adjacent to an activating group) is 1. The molecule has 25 heavy (non-hydrogen) atoms. The van der Waals surface area contributed by atoms with Gasteiger partial charge in [-0.15, -0.1) is 0 Å². The molecule has 5 nitrogen and oxygen atoms in total. The standard InChI is InChI=1S/C20H24N4O/c1-14-13-23-20(25-16-9-7-15(21)8-10-16)17-5-4-6-18(19(14)17)22-11-12-24(2)3/h4-10,13,22H,11-12,21H2,1-3H3. The summed E-state index contributed by atoms with van der Waals surface area (Å²) >= 11 is 0. The first-order valence-corrected chi connectivity index (χ1v) is 8.35. The first-order chi connectivity index (χ1) is 12.0. The average Bonchev–Trinajstić information content (AvgIpc) is 2.59. The Labute approximate surface area is 148 Å². The van der Waals surface area contributed by atoms with E-state index in [2.05, 4.69) is 42.3 Å². The molecule has 1 aromatic heterocycles. The molecule has 0 fully saturated rings. The van der Waals surface area contributed by atoms with E-state index in [-0.39, 0.29) is 0 Å². The van der Waals surface area contributed by atoms with Gasteiger partial charge in [0.1, 0.15) is 5.75 Å². The van der Waals surface area contributed by atoms with Gasteiger partial charge in [0.2, 0.25) is 5.88 Å². The Bertz CT molecular complexity index is 859. The van der Waals surface area contributed by atoms with E-state index >= 15 is 0 Å². The highest BCUT2D eigenvalue weighted by Gasteiger charge is 2.11. The first kappa shape index (κ1) is 17.0. The number of nitrogens with one attached hydrogen (secondary N) is 1. The van der Waals surface area contributed by atoms with Crippen molar-refractivity contribution < 1.29 is 4.74 Å². The van der Waals surface area contributed by atoms with Crippen molar-refractivity contribution in [3.05, 3.63) is 54.2 Å². The smallest absolute Gasteiger partial charge is 0.227 e. The summed E-state index contributed by atoms with van der Waals surface area (Å²) in [5.74, 6) is 1.32. The largest absolute Gasteiger partial charge is 0.438 e. The number of aromatic nitrogens is 1. The van der Waals surface area contributed by atoms with Gasteiger partial charge in [-0.05, 0) is 63.0 Å². The maximum absolute atomic E-state index is 6.00. The van der Waals surface area contributed by atoms with Crippen molar-refractivity contribution in [3.63, 3.8) is 0 Å². The first-order valence-electron chi connectivity index (χ1n) is 8.35. The highest BCUT2D eigenvalue weighted by atomic mass is 16.5. The fraction of sp³-hybridized carbons (Fsp3) is 0.250. The van der Waals surface area contributed by atoms with Crippen LogP contribution in [-0.4, -0.2) is 37.1 Å². The number of hydrogen-bond donors (Lipinski definition) is 2. The topological polar surface area (TPSA) is 63.4 Å². The third-order valence-corrected chi connectivity index (χ3v) is 4.03. The van der Waals surface area contributed by atoms with E-state index in [1.807, 2.05) is 42.6 Å². The van der Waals surface area contributed by atoms with Crippen LogP contribution < -0.4 is 15.8 Å². The van der Waals surface area contributed by atoms with Crippen molar-refractivity contribution in [2.75, 3.05) is 38.2 Å². The maximum atomic E-state index is 6.00. The second kappa shape index (κ2) is 7.40. The third kappa shape index (κ3) is 4.00. The van der Waals surface area contributed by atoms with Gasteiger partial charge in [-0.2, -0.15) is 0 Å². The molecule has 130 valence electrons. The van der Waals surface area contributed by atoms with Gasteiger partial charge in [-0.25, -0.2) is 4.98 Å². The molecule has 3 aromatic rings. The van der Waals surface area contributed by atoms with Crippen molar-refractivity contribution >= 4 is 22.1 Å². The van der Waals surface area contributed by atoms with Crippen LogP contribution in [0.2, 0.25) is 0 Å². The molecule has 0 aliphatic carbocycles. The van der Waals surface area contributed by atoms with Crippen LogP contribution in [0.4, 0.5) is 11.4 Å². The van der Waals surface area contributed by atoms with Crippen molar-refractivity contribution in [2.24, 2.45) is 0 Å². The molecule has 2 aromatic carbocycles.